The molecule has 1 N–H and O–H groups in total. The van der Waals surface area contributed by atoms with Gasteiger partial charge in [-0.1, -0.05) is 61.9 Å². The van der Waals surface area contributed by atoms with Gasteiger partial charge in [-0.3, -0.25) is 0 Å². The summed E-state index contributed by atoms with van der Waals surface area (Å²) in [5.41, 5.74) is 4.12. The van der Waals surface area contributed by atoms with Crippen molar-refractivity contribution in [1.29, 1.82) is 0 Å². The molecule has 3 aromatic carbocycles. The molecule has 0 aliphatic heterocycles. The maximum absolute atomic E-state index is 13.2. The number of esters is 1. The SMILES string of the molecule is CCCCN(Cc1ccc(C(=O)OC)cc1)C(=O)Nc1ccc(-c2ccccc2)cc1OC. The predicted octanol–water partition coefficient (Wildman–Crippen LogP) is 5.98. The highest BCUT2D eigenvalue weighted by Crippen LogP contribution is 2.31. The number of nitrogens with zero attached hydrogens (tertiary/aromatic N) is 1. The fraction of sp³-hybridized carbons (Fsp3) is 0.259. The number of amides is 2. The lowest BCUT2D eigenvalue weighted by Gasteiger charge is -2.24. The summed E-state index contributed by atoms with van der Waals surface area (Å²) in [6.45, 7) is 3.13. The maximum Gasteiger partial charge on any atom is 0.337 e. The second-order valence-corrected chi connectivity index (χ2v) is 7.67. The molecule has 6 heteroatoms. The Labute approximate surface area is 195 Å². The summed E-state index contributed by atoms with van der Waals surface area (Å²) >= 11 is 0. The van der Waals surface area contributed by atoms with Gasteiger partial charge in [0.25, 0.3) is 0 Å². The highest BCUT2D eigenvalue weighted by molar-refractivity contribution is 5.92. The standard InChI is InChI=1S/C27H30N2O4/c1-4-5-17-29(19-20-11-13-22(14-12-20)26(30)33-3)27(31)28-24-16-15-23(18-25(24)32-2)21-9-7-6-8-10-21/h6-16,18H,4-5,17,19H2,1-3H3,(H,28,31). The summed E-state index contributed by atoms with van der Waals surface area (Å²) in [5, 5.41) is 3.00. The molecule has 0 atom stereocenters. The van der Waals surface area contributed by atoms with E-state index in [4.69, 9.17) is 9.47 Å². The Morgan fingerprint density at radius 1 is 0.909 bits per heavy atom. The third kappa shape index (κ3) is 6.35. The third-order valence-electron chi connectivity index (χ3n) is 5.37. The molecular formula is C27H30N2O4. The lowest BCUT2D eigenvalue weighted by atomic mass is 10.0. The summed E-state index contributed by atoms with van der Waals surface area (Å²) in [6, 6.07) is 22.7. The van der Waals surface area contributed by atoms with Gasteiger partial charge in [0.1, 0.15) is 5.75 Å². The molecular weight excluding hydrogens is 416 g/mol. The monoisotopic (exact) mass is 446 g/mol. The smallest absolute Gasteiger partial charge is 0.337 e. The van der Waals surface area contributed by atoms with Crippen LogP contribution in [-0.2, 0) is 11.3 Å². The second kappa shape index (κ2) is 11.7. The first-order valence-corrected chi connectivity index (χ1v) is 11.0. The zero-order valence-electron chi connectivity index (χ0n) is 19.3. The number of rotatable bonds is 9. The molecule has 0 saturated heterocycles. The minimum Gasteiger partial charge on any atom is -0.495 e. The van der Waals surface area contributed by atoms with Gasteiger partial charge in [-0.15, -0.1) is 0 Å². The second-order valence-electron chi connectivity index (χ2n) is 7.67. The number of benzene rings is 3. The van der Waals surface area contributed by atoms with E-state index in [2.05, 4.69) is 12.2 Å². The molecule has 2 amide bonds. The Morgan fingerprint density at radius 3 is 2.27 bits per heavy atom. The average molecular weight is 447 g/mol. The Morgan fingerprint density at radius 2 is 1.64 bits per heavy atom. The van der Waals surface area contributed by atoms with Gasteiger partial charge in [-0.05, 0) is 47.4 Å². The first-order chi connectivity index (χ1) is 16.0. The van der Waals surface area contributed by atoms with E-state index in [0.717, 1.165) is 29.5 Å². The molecule has 0 saturated carbocycles. The van der Waals surface area contributed by atoms with Gasteiger partial charge in [0.05, 0.1) is 25.5 Å². The van der Waals surface area contributed by atoms with E-state index < -0.39 is 0 Å². The van der Waals surface area contributed by atoms with Crippen LogP contribution in [0.5, 0.6) is 5.75 Å². The molecule has 6 nitrogen and oxygen atoms in total. The van der Waals surface area contributed by atoms with Crippen LogP contribution in [0.25, 0.3) is 11.1 Å². The molecule has 0 heterocycles. The predicted molar refractivity (Wildman–Crippen MR) is 131 cm³/mol. The number of hydrogen-bond donors (Lipinski definition) is 1. The van der Waals surface area contributed by atoms with E-state index in [0.29, 0.717) is 30.1 Å². The molecule has 0 aromatic heterocycles. The van der Waals surface area contributed by atoms with Gasteiger partial charge in [0, 0.05) is 13.1 Å². The number of ether oxygens (including phenoxy) is 2. The van der Waals surface area contributed by atoms with Crippen molar-refractivity contribution in [3.8, 4) is 16.9 Å². The van der Waals surface area contributed by atoms with Gasteiger partial charge < -0.3 is 19.7 Å². The number of anilines is 1. The minimum absolute atomic E-state index is 0.203. The van der Waals surface area contributed by atoms with E-state index in [1.807, 2.05) is 60.7 Å². The van der Waals surface area contributed by atoms with Crippen molar-refractivity contribution in [2.24, 2.45) is 0 Å². The van der Waals surface area contributed by atoms with E-state index >= 15 is 0 Å². The number of unbranched alkanes of at least 4 members (excludes halogenated alkanes) is 1. The summed E-state index contributed by atoms with van der Waals surface area (Å²) in [4.78, 5) is 26.6. The molecule has 3 aromatic rings. The third-order valence-corrected chi connectivity index (χ3v) is 5.37. The lowest BCUT2D eigenvalue weighted by molar-refractivity contribution is 0.0600. The molecule has 172 valence electrons. The zero-order valence-corrected chi connectivity index (χ0v) is 19.3. The summed E-state index contributed by atoms with van der Waals surface area (Å²) in [7, 11) is 2.95. The first-order valence-electron chi connectivity index (χ1n) is 11.0. The van der Waals surface area contributed by atoms with Crippen molar-refractivity contribution in [1.82, 2.24) is 4.90 Å². The Hall–Kier alpha value is -3.80. The molecule has 0 unspecified atom stereocenters. The van der Waals surface area contributed by atoms with Gasteiger partial charge in [-0.25, -0.2) is 9.59 Å². The number of nitrogens with one attached hydrogen (secondary N) is 1. The van der Waals surface area contributed by atoms with Crippen molar-refractivity contribution < 1.29 is 19.1 Å². The molecule has 33 heavy (non-hydrogen) atoms. The minimum atomic E-state index is -0.381. The van der Waals surface area contributed by atoms with Crippen LogP contribution in [0.4, 0.5) is 10.5 Å². The van der Waals surface area contributed by atoms with Crippen molar-refractivity contribution in [2.45, 2.75) is 26.3 Å². The van der Waals surface area contributed by atoms with Crippen molar-refractivity contribution in [3.63, 3.8) is 0 Å². The zero-order chi connectivity index (χ0) is 23.6. The Bertz CT molecular complexity index is 1070. The fourth-order valence-corrected chi connectivity index (χ4v) is 3.48. The van der Waals surface area contributed by atoms with Crippen LogP contribution < -0.4 is 10.1 Å². The van der Waals surface area contributed by atoms with Crippen molar-refractivity contribution in [2.75, 3.05) is 26.1 Å². The van der Waals surface area contributed by atoms with Crippen LogP contribution in [0.2, 0.25) is 0 Å². The maximum atomic E-state index is 13.2. The first kappa shape index (κ1) is 23.9. The average Bonchev–Trinajstić information content (AvgIpc) is 2.87. The molecule has 3 rings (SSSR count). The van der Waals surface area contributed by atoms with Gasteiger partial charge >= 0.3 is 12.0 Å². The quantitative estimate of drug-likeness (QED) is 0.410. The molecule has 0 radical (unpaired) electrons. The van der Waals surface area contributed by atoms with E-state index in [9.17, 15) is 9.59 Å². The molecule has 0 fully saturated rings. The molecule has 0 aliphatic rings. The van der Waals surface area contributed by atoms with E-state index in [1.165, 1.54) is 7.11 Å². The fourth-order valence-electron chi connectivity index (χ4n) is 3.48. The van der Waals surface area contributed by atoms with Gasteiger partial charge in [0.15, 0.2) is 0 Å². The number of methoxy groups -OCH3 is 2. The Balaban J connectivity index is 1.76. The highest BCUT2D eigenvalue weighted by Gasteiger charge is 2.17. The van der Waals surface area contributed by atoms with Crippen LogP contribution in [0.3, 0.4) is 0 Å². The largest absolute Gasteiger partial charge is 0.495 e. The van der Waals surface area contributed by atoms with Crippen LogP contribution in [-0.4, -0.2) is 37.7 Å². The summed E-state index contributed by atoms with van der Waals surface area (Å²) < 4.78 is 10.3. The Kier molecular flexibility index (Phi) is 8.47. The topological polar surface area (TPSA) is 67.9 Å². The van der Waals surface area contributed by atoms with Crippen LogP contribution in [0, 0.1) is 0 Å². The molecule has 0 spiro atoms. The van der Waals surface area contributed by atoms with Crippen LogP contribution in [0.15, 0.2) is 72.8 Å². The summed E-state index contributed by atoms with van der Waals surface area (Å²) in [5.74, 6) is 0.218. The van der Waals surface area contributed by atoms with Crippen LogP contribution >= 0.6 is 0 Å². The van der Waals surface area contributed by atoms with Crippen LogP contribution in [0.1, 0.15) is 35.7 Å². The number of carbonyl (C=O) groups excluding carboxylic acids is 2. The van der Waals surface area contributed by atoms with Gasteiger partial charge in [0.2, 0.25) is 0 Å². The summed E-state index contributed by atoms with van der Waals surface area (Å²) in [6.07, 6.45) is 1.86. The van der Waals surface area contributed by atoms with E-state index in [1.54, 1.807) is 24.1 Å². The van der Waals surface area contributed by atoms with Crippen molar-refractivity contribution in [3.05, 3.63) is 83.9 Å². The number of urea groups is 1. The van der Waals surface area contributed by atoms with Crippen molar-refractivity contribution >= 4 is 17.7 Å². The van der Waals surface area contributed by atoms with Gasteiger partial charge in [-0.2, -0.15) is 0 Å². The molecule has 0 bridgehead atoms. The number of hydrogen-bond acceptors (Lipinski definition) is 4. The van der Waals surface area contributed by atoms with E-state index in [-0.39, 0.29) is 12.0 Å². The normalized spacial score (nSPS) is 10.4. The lowest BCUT2D eigenvalue weighted by Crippen LogP contribution is -2.35. The molecule has 0 aliphatic carbocycles. The number of carbonyl (C=O) groups is 2. The highest BCUT2D eigenvalue weighted by atomic mass is 16.5.